The van der Waals surface area contributed by atoms with Crippen molar-refractivity contribution in [2.24, 2.45) is 0 Å². The van der Waals surface area contributed by atoms with Crippen LogP contribution < -0.4 is 0 Å². The first-order valence-electron chi connectivity index (χ1n) is 6.76. The van der Waals surface area contributed by atoms with Gasteiger partial charge < -0.3 is 15.1 Å². The van der Waals surface area contributed by atoms with E-state index in [0.717, 1.165) is 21.8 Å². The van der Waals surface area contributed by atoms with Gasteiger partial charge in [-0.05, 0) is 17.9 Å². The molecule has 108 valence electrons. The minimum Gasteiger partial charge on any atom is -0.412 e. The maximum absolute atomic E-state index is 10.5. The molecule has 3 heterocycles. The Kier molecular flexibility index (Phi) is 3.14. The summed E-state index contributed by atoms with van der Waals surface area (Å²) in [5.74, 6) is 0. The van der Waals surface area contributed by atoms with E-state index in [4.69, 9.17) is 0 Å². The van der Waals surface area contributed by atoms with E-state index in [1.807, 2.05) is 41.8 Å². The van der Waals surface area contributed by atoms with Crippen LogP contribution in [-0.2, 0) is 0 Å². The van der Waals surface area contributed by atoms with E-state index in [1.54, 1.807) is 18.6 Å². The normalized spacial score (nSPS) is 11.0. The third-order valence-corrected chi connectivity index (χ3v) is 4.33. The van der Waals surface area contributed by atoms with Crippen molar-refractivity contribution in [3.8, 4) is 21.8 Å². The van der Waals surface area contributed by atoms with Gasteiger partial charge in [-0.25, -0.2) is 6.07 Å². The van der Waals surface area contributed by atoms with Gasteiger partial charge in [0.05, 0.1) is 0 Å². The molecular weight excluding hydrogens is 294 g/mol. The molecule has 0 amide bonds. The summed E-state index contributed by atoms with van der Waals surface area (Å²) in [6, 6.07) is 11.6. The van der Waals surface area contributed by atoms with E-state index in [9.17, 15) is 5.11 Å². The van der Waals surface area contributed by atoms with Gasteiger partial charge in [-0.1, -0.05) is 18.0 Å². The Morgan fingerprint density at radius 3 is 3.09 bits per heavy atom. The molecule has 1 N–H and O–H groups in total. The molecule has 4 rings (SSSR count). The van der Waals surface area contributed by atoms with Crippen LogP contribution in [0.2, 0.25) is 0 Å². The summed E-state index contributed by atoms with van der Waals surface area (Å²) in [7, 11) is 0. The molecule has 2 aliphatic rings. The Labute approximate surface area is 131 Å². The second-order valence-corrected chi connectivity index (χ2v) is 5.68. The van der Waals surface area contributed by atoms with Crippen molar-refractivity contribution < 1.29 is 5.11 Å². The number of benzene rings is 1. The predicted molar refractivity (Wildman–Crippen MR) is 85.2 cm³/mol. The van der Waals surface area contributed by atoms with Gasteiger partial charge in [0.25, 0.3) is 0 Å². The molecule has 0 radical (unpaired) electrons. The molecule has 0 unspecified atom stereocenters. The third-order valence-electron chi connectivity index (χ3n) is 3.44. The highest BCUT2D eigenvalue weighted by Gasteiger charge is 2.14. The van der Waals surface area contributed by atoms with Crippen molar-refractivity contribution in [2.45, 2.75) is 0 Å². The monoisotopic (exact) mass is 305 g/mol. The summed E-state index contributed by atoms with van der Waals surface area (Å²) in [4.78, 5) is 12.9. The number of hydrogen-bond donors (Lipinski definition) is 1. The Balaban J connectivity index is 1.69. The van der Waals surface area contributed by atoms with E-state index in [-0.39, 0.29) is 6.10 Å². The fraction of sp³-hybridized carbons (Fsp3) is 0. The lowest BCUT2D eigenvalue weighted by Crippen LogP contribution is -2.01. The Bertz CT molecular complexity index is 868. The number of hydrogen-bond acceptors (Lipinski definition) is 4. The van der Waals surface area contributed by atoms with Gasteiger partial charge in [-0.2, -0.15) is 23.8 Å². The molecule has 5 heteroatoms. The lowest BCUT2D eigenvalue weighted by Gasteiger charge is -2.20. The van der Waals surface area contributed by atoms with E-state index < -0.39 is 0 Å². The molecule has 4 nitrogen and oxygen atoms in total. The zero-order valence-corrected chi connectivity index (χ0v) is 12.3. The van der Waals surface area contributed by atoms with Crippen LogP contribution in [0.1, 0.15) is 11.3 Å². The van der Waals surface area contributed by atoms with Gasteiger partial charge >= 0.3 is 0 Å². The number of nitrogens with zero attached hydrogens (tertiary/aromatic N) is 3. The summed E-state index contributed by atoms with van der Waals surface area (Å²) in [6.45, 7) is 0. The fourth-order valence-electron chi connectivity index (χ4n) is 2.35. The SMILES string of the molecule is O[C-](c1c[s+][c-](-c2cccnc2)n1)c1cnc2c[cH-]ccc1-2. The molecule has 2 aromatic heterocycles. The number of rotatable bonds is 3. The van der Waals surface area contributed by atoms with Crippen molar-refractivity contribution in [2.75, 3.05) is 0 Å². The first-order chi connectivity index (χ1) is 10.8. The number of aliphatic hydroxyl groups excluding tert-OH is 1. The molecule has 0 fully saturated rings. The number of fused-ring (bicyclic) bond motifs is 1. The van der Waals surface area contributed by atoms with Gasteiger partial charge in [0.2, 0.25) is 5.01 Å². The molecule has 2 aromatic rings. The topological polar surface area (TPSA) is 58.9 Å². The summed E-state index contributed by atoms with van der Waals surface area (Å²) in [5, 5.41) is 13.2. The zero-order chi connectivity index (χ0) is 14.9. The molecule has 22 heavy (non-hydrogen) atoms. The van der Waals surface area contributed by atoms with Gasteiger partial charge in [0.15, 0.2) is 11.3 Å². The summed E-state index contributed by atoms with van der Waals surface area (Å²) >= 11 is 1.48. The second-order valence-electron chi connectivity index (χ2n) is 4.82. The molecule has 1 aliphatic heterocycles. The largest absolute Gasteiger partial charge is 0.412 e. The summed E-state index contributed by atoms with van der Waals surface area (Å²) < 4.78 is 0. The van der Waals surface area contributed by atoms with Gasteiger partial charge in [-0.15, -0.1) is 11.6 Å². The number of pyridine rings is 1. The molecular formula is C17H11N3OS-2. The van der Waals surface area contributed by atoms with Crippen LogP contribution in [0.25, 0.3) is 21.8 Å². The molecule has 0 bridgehead atoms. The van der Waals surface area contributed by atoms with Crippen LogP contribution in [0.5, 0.6) is 0 Å². The minimum absolute atomic E-state index is 0.153. The Morgan fingerprint density at radius 1 is 1.27 bits per heavy atom. The highest BCUT2D eigenvalue weighted by Crippen LogP contribution is 2.34. The second kappa shape index (κ2) is 5.29. The molecule has 0 saturated carbocycles. The van der Waals surface area contributed by atoms with Gasteiger partial charge in [0.1, 0.15) is 5.38 Å². The lowest BCUT2D eigenvalue weighted by molar-refractivity contribution is 0.353. The molecule has 0 spiro atoms. The summed E-state index contributed by atoms with van der Waals surface area (Å²) in [5.41, 5.74) is 4.00. The van der Waals surface area contributed by atoms with E-state index >= 15 is 0 Å². The zero-order valence-electron chi connectivity index (χ0n) is 11.5. The van der Waals surface area contributed by atoms with Crippen molar-refractivity contribution in [3.63, 3.8) is 0 Å². The standard InChI is InChI=1S/C17H11N3OS/c21-16(13-9-19-14-6-2-1-5-12(13)14)15-10-22-17(20-15)11-4-3-7-18-8-11/h1-10,21H/q-2. The lowest BCUT2D eigenvalue weighted by atomic mass is 10.0. The van der Waals surface area contributed by atoms with Crippen molar-refractivity contribution in [3.05, 3.63) is 77.7 Å². The first-order valence-corrected chi connectivity index (χ1v) is 7.64. The Hall–Kier alpha value is -2.63. The van der Waals surface area contributed by atoms with Crippen LogP contribution in [-0.4, -0.2) is 20.1 Å². The van der Waals surface area contributed by atoms with Crippen LogP contribution in [0, 0.1) is 6.10 Å². The average molecular weight is 305 g/mol. The van der Waals surface area contributed by atoms with Gasteiger partial charge in [-0.3, -0.25) is 4.98 Å². The van der Waals surface area contributed by atoms with E-state index in [1.165, 1.54) is 11.3 Å². The number of thiazole rings is 1. The third kappa shape index (κ3) is 2.16. The minimum atomic E-state index is 0.153. The number of aliphatic hydroxyl groups is 1. The van der Waals surface area contributed by atoms with Crippen molar-refractivity contribution in [1.82, 2.24) is 15.0 Å². The Morgan fingerprint density at radius 2 is 2.23 bits per heavy atom. The molecule has 0 saturated heterocycles. The average Bonchev–Trinajstić information content (AvgIpc) is 3.22. The van der Waals surface area contributed by atoms with Gasteiger partial charge in [0, 0.05) is 11.9 Å². The molecule has 0 atom stereocenters. The highest BCUT2D eigenvalue weighted by molar-refractivity contribution is 7.13. The quantitative estimate of drug-likeness (QED) is 0.463. The summed E-state index contributed by atoms with van der Waals surface area (Å²) in [6.07, 6.45) is 5.33. The fourth-order valence-corrected chi connectivity index (χ4v) is 3.14. The maximum Gasteiger partial charge on any atom is 0.250 e. The predicted octanol–water partition coefficient (Wildman–Crippen LogP) is 3.72. The smallest absolute Gasteiger partial charge is 0.250 e. The molecule has 0 aromatic carbocycles. The van der Waals surface area contributed by atoms with Crippen LogP contribution in [0.3, 0.4) is 0 Å². The highest BCUT2D eigenvalue weighted by atomic mass is 32.1. The number of para-hydroxylation sites is 1. The number of aromatic nitrogens is 3. The van der Waals surface area contributed by atoms with Crippen LogP contribution >= 0.6 is 11.3 Å². The van der Waals surface area contributed by atoms with Crippen LogP contribution in [0.4, 0.5) is 0 Å². The van der Waals surface area contributed by atoms with Crippen molar-refractivity contribution >= 4 is 11.3 Å². The van der Waals surface area contributed by atoms with E-state index in [0.29, 0.717) is 11.3 Å². The van der Waals surface area contributed by atoms with Crippen molar-refractivity contribution in [1.29, 1.82) is 0 Å². The van der Waals surface area contributed by atoms with E-state index in [2.05, 4.69) is 15.0 Å². The molecule has 1 aliphatic carbocycles. The maximum atomic E-state index is 10.5. The van der Waals surface area contributed by atoms with Crippen LogP contribution in [0.15, 0.2) is 60.4 Å². The first kappa shape index (κ1) is 13.1.